The molecule has 0 saturated heterocycles. The lowest BCUT2D eigenvalue weighted by Crippen LogP contribution is -2.28. The van der Waals surface area contributed by atoms with Gasteiger partial charge in [-0.3, -0.25) is 9.59 Å². The van der Waals surface area contributed by atoms with E-state index in [1.54, 1.807) is 0 Å². The van der Waals surface area contributed by atoms with Crippen molar-refractivity contribution in [2.45, 2.75) is 32.2 Å². The SMILES string of the molecule is CCC1NC(=O)C(C(=O)C2CC2)=C1O. The summed E-state index contributed by atoms with van der Waals surface area (Å²) in [5.41, 5.74) is -0.000602. The first kappa shape index (κ1) is 9.24. The average molecular weight is 195 g/mol. The summed E-state index contributed by atoms with van der Waals surface area (Å²) in [6.45, 7) is 1.85. The molecule has 0 radical (unpaired) electrons. The fourth-order valence-electron chi connectivity index (χ4n) is 1.67. The Morgan fingerprint density at radius 2 is 2.21 bits per heavy atom. The van der Waals surface area contributed by atoms with Gasteiger partial charge in [-0.05, 0) is 19.3 Å². The lowest BCUT2D eigenvalue weighted by atomic mass is 10.1. The van der Waals surface area contributed by atoms with Gasteiger partial charge in [0.2, 0.25) is 0 Å². The van der Waals surface area contributed by atoms with Crippen molar-refractivity contribution in [3.63, 3.8) is 0 Å². The number of hydrogen-bond acceptors (Lipinski definition) is 3. The number of rotatable bonds is 3. The molecule has 0 aromatic carbocycles. The number of aliphatic hydroxyl groups excluding tert-OH is 1. The molecule has 0 bridgehead atoms. The van der Waals surface area contributed by atoms with E-state index in [2.05, 4.69) is 5.32 Å². The van der Waals surface area contributed by atoms with E-state index in [1.807, 2.05) is 6.92 Å². The highest BCUT2D eigenvalue weighted by atomic mass is 16.3. The van der Waals surface area contributed by atoms with E-state index in [0.717, 1.165) is 12.8 Å². The van der Waals surface area contributed by atoms with E-state index in [4.69, 9.17) is 0 Å². The van der Waals surface area contributed by atoms with Gasteiger partial charge in [-0.2, -0.15) is 0 Å². The molecule has 1 unspecified atom stereocenters. The van der Waals surface area contributed by atoms with Crippen LogP contribution in [0.3, 0.4) is 0 Å². The molecule has 1 aliphatic carbocycles. The van der Waals surface area contributed by atoms with Crippen LogP contribution in [0.1, 0.15) is 26.2 Å². The number of nitrogens with one attached hydrogen (secondary N) is 1. The van der Waals surface area contributed by atoms with Crippen LogP contribution < -0.4 is 5.32 Å². The van der Waals surface area contributed by atoms with E-state index in [9.17, 15) is 14.7 Å². The second-order valence-corrected chi connectivity index (χ2v) is 3.83. The molecule has 0 aromatic heterocycles. The maximum absolute atomic E-state index is 11.6. The van der Waals surface area contributed by atoms with Gasteiger partial charge in [-0.15, -0.1) is 0 Å². The third kappa shape index (κ3) is 1.31. The molecule has 76 valence electrons. The molecule has 14 heavy (non-hydrogen) atoms. The second kappa shape index (κ2) is 3.12. The van der Waals surface area contributed by atoms with Crippen molar-refractivity contribution in [1.29, 1.82) is 0 Å². The van der Waals surface area contributed by atoms with Gasteiger partial charge in [0, 0.05) is 5.92 Å². The minimum absolute atomic E-state index is 0.000602. The summed E-state index contributed by atoms with van der Waals surface area (Å²) in [6, 6.07) is -0.361. The number of carbonyl (C=O) groups is 2. The van der Waals surface area contributed by atoms with Crippen LogP contribution in [-0.4, -0.2) is 22.8 Å². The molecule has 4 nitrogen and oxygen atoms in total. The maximum Gasteiger partial charge on any atom is 0.259 e. The first-order valence-corrected chi connectivity index (χ1v) is 4.93. The predicted molar refractivity (Wildman–Crippen MR) is 49.6 cm³/mol. The van der Waals surface area contributed by atoms with E-state index in [0.29, 0.717) is 6.42 Å². The average Bonchev–Trinajstić information content (AvgIpc) is 2.93. The van der Waals surface area contributed by atoms with Gasteiger partial charge >= 0.3 is 0 Å². The molecular formula is C10H13NO3. The van der Waals surface area contributed by atoms with Crippen molar-refractivity contribution in [2.75, 3.05) is 0 Å². The zero-order valence-electron chi connectivity index (χ0n) is 8.04. The highest BCUT2D eigenvalue weighted by Crippen LogP contribution is 2.34. The molecule has 0 spiro atoms. The van der Waals surface area contributed by atoms with Crippen molar-refractivity contribution in [2.24, 2.45) is 5.92 Å². The number of ketones is 1. The van der Waals surface area contributed by atoms with Crippen LogP contribution in [0.15, 0.2) is 11.3 Å². The van der Waals surface area contributed by atoms with Crippen molar-refractivity contribution in [3.05, 3.63) is 11.3 Å². The summed E-state index contributed by atoms with van der Waals surface area (Å²) in [6.07, 6.45) is 2.30. The summed E-state index contributed by atoms with van der Waals surface area (Å²) < 4.78 is 0. The number of carbonyl (C=O) groups excluding carboxylic acids is 2. The molecule has 2 rings (SSSR count). The molecular weight excluding hydrogens is 182 g/mol. The van der Waals surface area contributed by atoms with E-state index in [1.165, 1.54) is 0 Å². The van der Waals surface area contributed by atoms with Crippen LogP contribution >= 0.6 is 0 Å². The van der Waals surface area contributed by atoms with Crippen molar-refractivity contribution < 1.29 is 14.7 Å². The smallest absolute Gasteiger partial charge is 0.259 e. The van der Waals surface area contributed by atoms with Gasteiger partial charge in [-0.25, -0.2) is 0 Å². The zero-order chi connectivity index (χ0) is 10.3. The number of aliphatic hydroxyl groups is 1. The fraction of sp³-hybridized carbons (Fsp3) is 0.600. The van der Waals surface area contributed by atoms with Gasteiger partial charge in [0.05, 0.1) is 6.04 Å². The third-order valence-corrected chi connectivity index (χ3v) is 2.72. The summed E-state index contributed by atoms with van der Waals surface area (Å²) in [5, 5.41) is 12.2. The van der Waals surface area contributed by atoms with Crippen LogP contribution in [0.2, 0.25) is 0 Å². The highest BCUT2D eigenvalue weighted by Gasteiger charge is 2.41. The molecule has 0 aromatic rings. The summed E-state index contributed by atoms with van der Waals surface area (Å²) in [5.74, 6) is -0.676. The fourth-order valence-corrected chi connectivity index (χ4v) is 1.67. The van der Waals surface area contributed by atoms with Crippen LogP contribution in [-0.2, 0) is 9.59 Å². The standard InChI is InChI=1S/C10H13NO3/c1-2-6-9(13)7(10(14)11-6)8(12)5-3-4-5/h5-6,13H,2-4H2,1H3,(H,11,14). The second-order valence-electron chi connectivity index (χ2n) is 3.83. The van der Waals surface area contributed by atoms with Crippen LogP contribution in [0.25, 0.3) is 0 Å². The van der Waals surface area contributed by atoms with Crippen molar-refractivity contribution >= 4 is 11.7 Å². The van der Waals surface area contributed by atoms with Gasteiger partial charge < -0.3 is 10.4 Å². The number of amides is 1. The van der Waals surface area contributed by atoms with E-state index >= 15 is 0 Å². The highest BCUT2D eigenvalue weighted by molar-refractivity contribution is 6.22. The molecule has 1 heterocycles. The van der Waals surface area contributed by atoms with Gasteiger partial charge in [-0.1, -0.05) is 6.92 Å². The number of Topliss-reactive ketones (excluding diaryl/α,β-unsaturated/α-hetero) is 1. The van der Waals surface area contributed by atoms with Gasteiger partial charge in [0.25, 0.3) is 5.91 Å². The zero-order valence-corrected chi connectivity index (χ0v) is 8.04. The first-order valence-electron chi connectivity index (χ1n) is 4.93. The van der Waals surface area contributed by atoms with E-state index < -0.39 is 5.91 Å². The molecule has 2 N–H and O–H groups in total. The minimum atomic E-state index is -0.411. The Hall–Kier alpha value is -1.32. The quantitative estimate of drug-likeness (QED) is 0.651. The largest absolute Gasteiger partial charge is 0.509 e. The summed E-state index contributed by atoms with van der Waals surface area (Å²) in [7, 11) is 0. The Balaban J connectivity index is 2.26. The molecule has 1 saturated carbocycles. The monoisotopic (exact) mass is 195 g/mol. The van der Waals surface area contributed by atoms with Gasteiger partial charge in [0.15, 0.2) is 5.78 Å². The maximum atomic E-state index is 11.6. The molecule has 1 amide bonds. The molecule has 1 aliphatic heterocycles. The Morgan fingerprint density at radius 1 is 1.57 bits per heavy atom. The normalized spacial score (nSPS) is 26.6. The third-order valence-electron chi connectivity index (χ3n) is 2.72. The van der Waals surface area contributed by atoms with Crippen LogP contribution in [0.5, 0.6) is 0 Å². The molecule has 1 atom stereocenters. The molecule has 2 aliphatic rings. The minimum Gasteiger partial charge on any atom is -0.509 e. The Bertz CT molecular complexity index is 328. The lowest BCUT2D eigenvalue weighted by molar-refractivity contribution is -0.122. The summed E-state index contributed by atoms with van der Waals surface area (Å²) in [4.78, 5) is 23.0. The molecule has 1 fully saturated rings. The van der Waals surface area contributed by atoms with Crippen LogP contribution in [0.4, 0.5) is 0 Å². The lowest BCUT2D eigenvalue weighted by Gasteiger charge is -2.05. The first-order chi connectivity index (χ1) is 6.65. The Morgan fingerprint density at radius 3 is 2.64 bits per heavy atom. The number of hydrogen-bond donors (Lipinski definition) is 2. The Labute approximate surface area is 82.0 Å². The Kier molecular flexibility index (Phi) is 2.06. The van der Waals surface area contributed by atoms with Crippen molar-refractivity contribution in [3.8, 4) is 0 Å². The molecule has 4 heteroatoms. The van der Waals surface area contributed by atoms with Gasteiger partial charge in [0.1, 0.15) is 11.3 Å². The predicted octanol–water partition coefficient (Wildman–Crippen LogP) is 0.686. The van der Waals surface area contributed by atoms with Crippen LogP contribution in [0, 0.1) is 5.92 Å². The topological polar surface area (TPSA) is 66.4 Å². The van der Waals surface area contributed by atoms with E-state index in [-0.39, 0.29) is 29.1 Å². The van der Waals surface area contributed by atoms with Crippen molar-refractivity contribution in [1.82, 2.24) is 5.32 Å². The summed E-state index contributed by atoms with van der Waals surface area (Å²) >= 11 is 0.